The van der Waals surface area contributed by atoms with Crippen LogP contribution in [-0.4, -0.2) is 25.5 Å². The van der Waals surface area contributed by atoms with Gasteiger partial charge in [-0.25, -0.2) is 0 Å². The van der Waals surface area contributed by atoms with E-state index in [1.165, 1.54) is 18.5 Å². The first-order valence-electron chi connectivity index (χ1n) is 7.54. The van der Waals surface area contributed by atoms with Crippen molar-refractivity contribution in [3.8, 4) is 0 Å². The number of nitrogens with one attached hydrogen (secondary N) is 1. The van der Waals surface area contributed by atoms with Gasteiger partial charge in [-0.05, 0) is 56.0 Å². The van der Waals surface area contributed by atoms with Crippen LogP contribution in [0.1, 0.15) is 32.6 Å². The molecule has 20 heavy (non-hydrogen) atoms. The number of anilines is 2. The SMILES string of the molecule is CC(CN)CCC(=O)Nc1ccc(N2CCCC2)cc1. The van der Waals surface area contributed by atoms with Gasteiger partial charge in [-0.1, -0.05) is 6.92 Å². The molecule has 0 aromatic heterocycles. The van der Waals surface area contributed by atoms with Gasteiger partial charge in [0, 0.05) is 30.9 Å². The first-order valence-corrected chi connectivity index (χ1v) is 7.54. The van der Waals surface area contributed by atoms with Crippen molar-refractivity contribution in [3.05, 3.63) is 24.3 Å². The zero-order chi connectivity index (χ0) is 14.4. The number of rotatable bonds is 6. The molecule has 1 heterocycles. The summed E-state index contributed by atoms with van der Waals surface area (Å²) in [5, 5.41) is 2.94. The van der Waals surface area contributed by atoms with Crippen LogP contribution < -0.4 is 16.0 Å². The maximum atomic E-state index is 11.8. The van der Waals surface area contributed by atoms with Gasteiger partial charge in [0.05, 0.1) is 0 Å². The van der Waals surface area contributed by atoms with E-state index in [-0.39, 0.29) is 5.91 Å². The van der Waals surface area contributed by atoms with E-state index < -0.39 is 0 Å². The van der Waals surface area contributed by atoms with Gasteiger partial charge >= 0.3 is 0 Å². The summed E-state index contributed by atoms with van der Waals surface area (Å²) < 4.78 is 0. The van der Waals surface area contributed by atoms with Gasteiger partial charge in [-0.2, -0.15) is 0 Å². The number of carbonyl (C=O) groups excluding carboxylic acids is 1. The van der Waals surface area contributed by atoms with E-state index in [2.05, 4.69) is 29.3 Å². The Kier molecular flexibility index (Phi) is 5.41. The summed E-state index contributed by atoms with van der Waals surface area (Å²) >= 11 is 0. The van der Waals surface area contributed by atoms with E-state index in [1.807, 2.05) is 12.1 Å². The maximum absolute atomic E-state index is 11.8. The molecule has 1 aromatic rings. The lowest BCUT2D eigenvalue weighted by Gasteiger charge is -2.17. The summed E-state index contributed by atoms with van der Waals surface area (Å²) in [6.07, 6.45) is 3.93. The Bertz CT molecular complexity index is 424. The van der Waals surface area contributed by atoms with Crippen molar-refractivity contribution < 1.29 is 4.79 Å². The molecule has 1 aliphatic rings. The van der Waals surface area contributed by atoms with Crippen LogP contribution in [0, 0.1) is 5.92 Å². The Morgan fingerprint density at radius 2 is 1.95 bits per heavy atom. The zero-order valence-corrected chi connectivity index (χ0v) is 12.3. The lowest BCUT2D eigenvalue weighted by molar-refractivity contribution is -0.116. The zero-order valence-electron chi connectivity index (χ0n) is 12.3. The average molecular weight is 275 g/mol. The van der Waals surface area contributed by atoms with Crippen LogP contribution in [0.3, 0.4) is 0 Å². The molecule has 2 rings (SSSR count). The molecule has 110 valence electrons. The molecule has 0 radical (unpaired) electrons. The van der Waals surface area contributed by atoms with Crippen LogP contribution >= 0.6 is 0 Å². The minimum absolute atomic E-state index is 0.0687. The predicted molar refractivity (Wildman–Crippen MR) is 84.0 cm³/mol. The number of hydrogen-bond donors (Lipinski definition) is 2. The van der Waals surface area contributed by atoms with E-state index in [4.69, 9.17) is 5.73 Å². The van der Waals surface area contributed by atoms with Crippen LogP contribution in [0.15, 0.2) is 24.3 Å². The highest BCUT2D eigenvalue weighted by Gasteiger charge is 2.12. The molecule has 1 fully saturated rings. The van der Waals surface area contributed by atoms with Crippen molar-refractivity contribution in [2.45, 2.75) is 32.6 Å². The molecule has 0 bridgehead atoms. The van der Waals surface area contributed by atoms with E-state index in [1.54, 1.807) is 0 Å². The second kappa shape index (κ2) is 7.29. The molecule has 0 spiro atoms. The molecule has 0 aliphatic carbocycles. The normalized spacial score (nSPS) is 16.2. The molecular formula is C16H25N3O. The monoisotopic (exact) mass is 275 g/mol. The first kappa shape index (κ1) is 14.9. The predicted octanol–water partition coefficient (Wildman–Crippen LogP) is 2.60. The molecule has 1 unspecified atom stereocenters. The topological polar surface area (TPSA) is 58.4 Å². The smallest absolute Gasteiger partial charge is 0.224 e. The van der Waals surface area contributed by atoms with Crippen LogP contribution in [0.2, 0.25) is 0 Å². The van der Waals surface area contributed by atoms with E-state index in [9.17, 15) is 4.79 Å². The van der Waals surface area contributed by atoms with Gasteiger partial charge in [-0.15, -0.1) is 0 Å². The second-order valence-corrected chi connectivity index (χ2v) is 5.67. The van der Waals surface area contributed by atoms with E-state index in [0.717, 1.165) is 25.2 Å². The lowest BCUT2D eigenvalue weighted by Crippen LogP contribution is -2.18. The Morgan fingerprint density at radius 3 is 2.55 bits per heavy atom. The van der Waals surface area contributed by atoms with Crippen molar-refractivity contribution in [3.63, 3.8) is 0 Å². The molecule has 4 nitrogen and oxygen atoms in total. The van der Waals surface area contributed by atoms with Crippen molar-refractivity contribution >= 4 is 17.3 Å². The summed E-state index contributed by atoms with van der Waals surface area (Å²) in [7, 11) is 0. The number of carbonyl (C=O) groups is 1. The summed E-state index contributed by atoms with van der Waals surface area (Å²) in [5.41, 5.74) is 7.67. The number of nitrogens with zero attached hydrogens (tertiary/aromatic N) is 1. The highest BCUT2D eigenvalue weighted by molar-refractivity contribution is 5.90. The highest BCUT2D eigenvalue weighted by Crippen LogP contribution is 2.22. The van der Waals surface area contributed by atoms with Gasteiger partial charge in [0.15, 0.2) is 0 Å². The molecule has 1 aliphatic heterocycles. The van der Waals surface area contributed by atoms with Gasteiger partial charge in [0.1, 0.15) is 0 Å². The fourth-order valence-corrected chi connectivity index (χ4v) is 2.45. The van der Waals surface area contributed by atoms with Gasteiger partial charge in [-0.3, -0.25) is 4.79 Å². The van der Waals surface area contributed by atoms with Crippen LogP contribution in [0.5, 0.6) is 0 Å². The Labute approximate surface area is 121 Å². The van der Waals surface area contributed by atoms with Gasteiger partial charge in [0.25, 0.3) is 0 Å². The molecule has 4 heteroatoms. The van der Waals surface area contributed by atoms with Crippen molar-refractivity contribution in [2.75, 3.05) is 29.9 Å². The highest BCUT2D eigenvalue weighted by atomic mass is 16.1. The van der Waals surface area contributed by atoms with Crippen molar-refractivity contribution in [2.24, 2.45) is 11.7 Å². The number of benzene rings is 1. The lowest BCUT2D eigenvalue weighted by atomic mass is 10.1. The van der Waals surface area contributed by atoms with Gasteiger partial charge in [0.2, 0.25) is 5.91 Å². The van der Waals surface area contributed by atoms with Crippen LogP contribution in [-0.2, 0) is 4.79 Å². The minimum atomic E-state index is 0.0687. The average Bonchev–Trinajstić information content (AvgIpc) is 2.99. The third-order valence-corrected chi connectivity index (χ3v) is 3.89. The standard InChI is InChI=1S/C16H25N3O/c1-13(12-17)4-9-16(20)18-14-5-7-15(8-6-14)19-10-2-3-11-19/h5-8,13H,2-4,9-12,17H2,1H3,(H,18,20). The first-order chi connectivity index (χ1) is 9.69. The molecule has 1 aromatic carbocycles. The molecular weight excluding hydrogens is 250 g/mol. The number of hydrogen-bond acceptors (Lipinski definition) is 3. The molecule has 0 saturated carbocycles. The molecule has 1 saturated heterocycles. The van der Waals surface area contributed by atoms with Crippen LogP contribution in [0.25, 0.3) is 0 Å². The molecule has 1 atom stereocenters. The Balaban J connectivity index is 1.82. The largest absolute Gasteiger partial charge is 0.372 e. The van der Waals surface area contributed by atoms with Crippen LogP contribution in [0.4, 0.5) is 11.4 Å². The van der Waals surface area contributed by atoms with E-state index in [0.29, 0.717) is 18.9 Å². The maximum Gasteiger partial charge on any atom is 0.224 e. The third kappa shape index (κ3) is 4.23. The fourth-order valence-electron chi connectivity index (χ4n) is 2.45. The molecule has 1 amide bonds. The summed E-state index contributed by atoms with van der Waals surface area (Å²) in [6.45, 7) is 4.99. The summed E-state index contributed by atoms with van der Waals surface area (Å²) in [4.78, 5) is 14.2. The number of amides is 1. The van der Waals surface area contributed by atoms with Crippen molar-refractivity contribution in [1.29, 1.82) is 0 Å². The summed E-state index contributed by atoms with van der Waals surface area (Å²) in [5.74, 6) is 0.470. The van der Waals surface area contributed by atoms with Gasteiger partial charge < -0.3 is 16.0 Å². The fraction of sp³-hybridized carbons (Fsp3) is 0.562. The Morgan fingerprint density at radius 1 is 1.30 bits per heavy atom. The quantitative estimate of drug-likeness (QED) is 0.839. The molecule has 3 N–H and O–H groups in total. The Hall–Kier alpha value is -1.55. The second-order valence-electron chi connectivity index (χ2n) is 5.67. The third-order valence-electron chi connectivity index (χ3n) is 3.89. The van der Waals surface area contributed by atoms with Crippen molar-refractivity contribution in [1.82, 2.24) is 0 Å². The van der Waals surface area contributed by atoms with E-state index >= 15 is 0 Å². The number of nitrogens with two attached hydrogens (primary N) is 1. The summed E-state index contributed by atoms with van der Waals surface area (Å²) in [6, 6.07) is 8.14. The minimum Gasteiger partial charge on any atom is -0.372 e.